The first-order chi connectivity index (χ1) is 9.69. The Hall–Kier alpha value is -1.58. The second kappa shape index (κ2) is 4.47. The number of H-pyrrole nitrogens is 1. The summed E-state index contributed by atoms with van der Waals surface area (Å²) in [6.45, 7) is 0. The third-order valence-corrected chi connectivity index (χ3v) is 5.57. The van der Waals surface area contributed by atoms with Crippen LogP contribution in [0.5, 0.6) is 0 Å². The third kappa shape index (κ3) is 1.98. The van der Waals surface area contributed by atoms with Gasteiger partial charge < -0.3 is 10.3 Å². The van der Waals surface area contributed by atoms with Gasteiger partial charge in [-0.25, -0.2) is 0 Å². The van der Waals surface area contributed by atoms with Gasteiger partial charge in [-0.3, -0.25) is 9.59 Å². The Morgan fingerprint density at radius 2 is 1.70 bits per heavy atom. The van der Waals surface area contributed by atoms with Crippen molar-refractivity contribution in [2.45, 2.75) is 38.1 Å². The Balaban J connectivity index is 1.50. The summed E-state index contributed by atoms with van der Waals surface area (Å²) < 4.78 is 0. The van der Waals surface area contributed by atoms with Crippen LogP contribution in [0.25, 0.3) is 0 Å². The molecule has 4 saturated carbocycles. The maximum Gasteiger partial charge on any atom is 0.252 e. The van der Waals surface area contributed by atoms with Crippen LogP contribution in [0.3, 0.4) is 0 Å². The van der Waals surface area contributed by atoms with Gasteiger partial charge in [0.05, 0.1) is 5.56 Å². The van der Waals surface area contributed by atoms with Crippen molar-refractivity contribution in [3.63, 3.8) is 0 Å². The van der Waals surface area contributed by atoms with Gasteiger partial charge in [-0.05, 0) is 61.8 Å². The van der Waals surface area contributed by atoms with Crippen molar-refractivity contribution >= 4 is 5.91 Å². The van der Waals surface area contributed by atoms with Crippen LogP contribution in [0.15, 0.2) is 23.1 Å². The van der Waals surface area contributed by atoms with Crippen LogP contribution in [-0.4, -0.2) is 16.9 Å². The smallest absolute Gasteiger partial charge is 0.252 e. The van der Waals surface area contributed by atoms with Gasteiger partial charge in [0.15, 0.2) is 0 Å². The Morgan fingerprint density at radius 1 is 1.05 bits per heavy atom. The number of amides is 1. The molecule has 1 aromatic rings. The molecule has 0 spiro atoms. The van der Waals surface area contributed by atoms with E-state index < -0.39 is 0 Å². The molecule has 0 saturated heterocycles. The minimum Gasteiger partial charge on any atom is -0.349 e. The highest BCUT2D eigenvalue weighted by atomic mass is 16.2. The summed E-state index contributed by atoms with van der Waals surface area (Å²) in [5.74, 6) is 3.15. The first-order valence-electron chi connectivity index (χ1n) is 7.68. The molecule has 4 aliphatic rings. The highest BCUT2D eigenvalue weighted by Gasteiger charge is 2.48. The van der Waals surface area contributed by atoms with E-state index >= 15 is 0 Å². The Bertz CT molecular complexity index is 544. The van der Waals surface area contributed by atoms with E-state index in [0.717, 1.165) is 11.8 Å². The predicted molar refractivity (Wildman–Crippen MR) is 75.4 cm³/mol. The molecule has 0 unspecified atom stereocenters. The van der Waals surface area contributed by atoms with Gasteiger partial charge >= 0.3 is 0 Å². The zero-order chi connectivity index (χ0) is 13.7. The Morgan fingerprint density at radius 3 is 2.25 bits per heavy atom. The van der Waals surface area contributed by atoms with Gasteiger partial charge in [0.1, 0.15) is 0 Å². The fourth-order valence-electron chi connectivity index (χ4n) is 4.95. The maximum atomic E-state index is 12.3. The molecule has 4 bridgehead atoms. The molecule has 0 radical (unpaired) electrons. The molecular weight excluding hydrogens is 252 g/mol. The molecule has 2 N–H and O–H groups in total. The van der Waals surface area contributed by atoms with Crippen molar-refractivity contribution in [3.05, 3.63) is 34.2 Å². The van der Waals surface area contributed by atoms with Crippen LogP contribution in [0.2, 0.25) is 0 Å². The average Bonchev–Trinajstić information content (AvgIpc) is 2.42. The third-order valence-electron chi connectivity index (χ3n) is 5.57. The molecule has 1 aromatic heterocycles. The van der Waals surface area contributed by atoms with Gasteiger partial charge in [-0.2, -0.15) is 0 Å². The van der Waals surface area contributed by atoms with Crippen molar-refractivity contribution < 1.29 is 4.79 Å². The van der Waals surface area contributed by atoms with Gasteiger partial charge in [0.2, 0.25) is 5.56 Å². The van der Waals surface area contributed by atoms with Crippen LogP contribution in [-0.2, 0) is 0 Å². The monoisotopic (exact) mass is 272 g/mol. The van der Waals surface area contributed by atoms with Crippen LogP contribution >= 0.6 is 0 Å². The molecular formula is C16H20N2O2. The van der Waals surface area contributed by atoms with E-state index in [9.17, 15) is 9.59 Å². The van der Waals surface area contributed by atoms with Crippen LogP contribution in [0, 0.1) is 23.7 Å². The molecule has 0 atom stereocenters. The van der Waals surface area contributed by atoms with Crippen LogP contribution in [0.1, 0.15) is 42.5 Å². The minimum absolute atomic E-state index is 0.0428. The van der Waals surface area contributed by atoms with E-state index in [0.29, 0.717) is 23.4 Å². The predicted octanol–water partition coefficient (Wildman–Crippen LogP) is 1.93. The minimum atomic E-state index is -0.170. The first kappa shape index (κ1) is 12.2. The van der Waals surface area contributed by atoms with Gasteiger partial charge in [-0.1, -0.05) is 0 Å². The van der Waals surface area contributed by atoms with Crippen molar-refractivity contribution in [3.8, 4) is 0 Å². The topological polar surface area (TPSA) is 62.0 Å². The Labute approximate surface area is 118 Å². The highest BCUT2D eigenvalue weighted by Crippen LogP contribution is 2.53. The van der Waals surface area contributed by atoms with E-state index in [4.69, 9.17) is 0 Å². The van der Waals surface area contributed by atoms with E-state index in [-0.39, 0.29) is 11.5 Å². The summed E-state index contributed by atoms with van der Waals surface area (Å²) >= 11 is 0. The number of pyridine rings is 1. The quantitative estimate of drug-likeness (QED) is 0.864. The summed E-state index contributed by atoms with van der Waals surface area (Å²) in [6.07, 6.45) is 8.11. The van der Waals surface area contributed by atoms with E-state index in [1.807, 2.05) is 0 Å². The summed E-state index contributed by atoms with van der Waals surface area (Å²) in [7, 11) is 0. The number of carbonyl (C=O) groups excluding carboxylic acids is 1. The SMILES string of the molecule is O=C(NC1C2CC3CC(C2)CC1C3)c1ccc(=O)[nH]c1. The van der Waals surface area contributed by atoms with Gasteiger partial charge in [-0.15, -0.1) is 0 Å². The molecule has 5 rings (SSSR count). The average molecular weight is 272 g/mol. The number of hydrogen-bond acceptors (Lipinski definition) is 2. The van der Waals surface area contributed by atoms with Crippen LogP contribution in [0.4, 0.5) is 0 Å². The lowest BCUT2D eigenvalue weighted by Gasteiger charge is -2.54. The van der Waals surface area contributed by atoms with Crippen molar-refractivity contribution in [2.24, 2.45) is 23.7 Å². The summed E-state index contributed by atoms with van der Waals surface area (Å²) in [4.78, 5) is 25.9. The fraction of sp³-hybridized carbons (Fsp3) is 0.625. The number of hydrogen-bond donors (Lipinski definition) is 2. The van der Waals surface area contributed by atoms with Crippen molar-refractivity contribution in [2.75, 3.05) is 0 Å². The number of rotatable bonds is 2. The first-order valence-corrected chi connectivity index (χ1v) is 7.68. The molecule has 4 nitrogen and oxygen atoms in total. The zero-order valence-corrected chi connectivity index (χ0v) is 11.5. The Kier molecular flexibility index (Phi) is 2.72. The second-order valence-corrected chi connectivity index (χ2v) is 6.87. The highest BCUT2D eigenvalue weighted by molar-refractivity contribution is 5.94. The standard InChI is InChI=1S/C16H20N2O2/c19-14-2-1-11(8-17-14)16(20)18-15-12-4-9-3-10(6-12)7-13(15)5-9/h1-2,8-10,12-13,15H,3-7H2,(H,17,19)(H,18,20). The second-order valence-electron chi connectivity index (χ2n) is 6.87. The molecule has 1 heterocycles. The summed E-state index contributed by atoms with van der Waals surface area (Å²) in [5.41, 5.74) is 0.384. The maximum absolute atomic E-state index is 12.3. The molecule has 0 aliphatic heterocycles. The number of aromatic nitrogens is 1. The normalized spacial score (nSPS) is 37.9. The summed E-state index contributed by atoms with van der Waals surface area (Å²) in [6, 6.07) is 3.36. The zero-order valence-electron chi connectivity index (χ0n) is 11.5. The number of carbonyl (C=O) groups is 1. The lowest BCUT2D eigenvalue weighted by atomic mass is 9.54. The largest absolute Gasteiger partial charge is 0.349 e. The fourth-order valence-corrected chi connectivity index (χ4v) is 4.95. The van der Waals surface area contributed by atoms with E-state index in [1.165, 1.54) is 44.4 Å². The van der Waals surface area contributed by atoms with Gasteiger partial charge in [0.25, 0.3) is 5.91 Å². The molecule has 20 heavy (non-hydrogen) atoms. The molecule has 0 aromatic carbocycles. The lowest BCUT2D eigenvalue weighted by Crippen LogP contribution is -2.55. The molecule has 106 valence electrons. The lowest BCUT2D eigenvalue weighted by molar-refractivity contribution is -0.0119. The molecule has 4 fully saturated rings. The molecule has 4 aliphatic carbocycles. The summed E-state index contributed by atoms with van der Waals surface area (Å²) in [5, 5.41) is 3.24. The van der Waals surface area contributed by atoms with Crippen LogP contribution < -0.4 is 10.9 Å². The van der Waals surface area contributed by atoms with Crippen molar-refractivity contribution in [1.29, 1.82) is 0 Å². The number of nitrogens with one attached hydrogen (secondary N) is 2. The molecule has 4 heteroatoms. The van der Waals surface area contributed by atoms with Gasteiger partial charge in [0, 0.05) is 18.3 Å². The van der Waals surface area contributed by atoms with E-state index in [2.05, 4.69) is 10.3 Å². The van der Waals surface area contributed by atoms with Crippen molar-refractivity contribution in [1.82, 2.24) is 10.3 Å². The number of aromatic amines is 1. The molecule has 1 amide bonds. The van der Waals surface area contributed by atoms with E-state index in [1.54, 1.807) is 6.07 Å².